The third-order valence-corrected chi connectivity index (χ3v) is 4.03. The molecule has 1 N–H and O–H groups in total. The van der Waals surface area contributed by atoms with Gasteiger partial charge in [0.05, 0.1) is 6.10 Å². The fourth-order valence-electron chi connectivity index (χ4n) is 2.52. The van der Waals surface area contributed by atoms with Crippen molar-refractivity contribution < 1.29 is 14.2 Å². The highest BCUT2D eigenvalue weighted by Gasteiger charge is 2.29. The van der Waals surface area contributed by atoms with Crippen molar-refractivity contribution in [3.63, 3.8) is 0 Å². The first-order valence-corrected chi connectivity index (χ1v) is 7.24. The van der Waals surface area contributed by atoms with Crippen LogP contribution >= 0.6 is 15.9 Å². The molecule has 3 rings (SSSR count). The van der Waals surface area contributed by atoms with Gasteiger partial charge in [0.2, 0.25) is 0 Å². The van der Waals surface area contributed by atoms with E-state index in [9.17, 15) is 9.50 Å². The zero-order valence-corrected chi connectivity index (χ0v) is 12.5. The maximum Gasteiger partial charge on any atom is 0.130 e. The Hall–Kier alpha value is -1.39. The third-order valence-electron chi connectivity index (χ3n) is 3.54. The largest absolute Gasteiger partial charge is 0.485 e. The molecule has 1 heterocycles. The first kappa shape index (κ1) is 13.6. The van der Waals surface area contributed by atoms with E-state index in [1.54, 1.807) is 18.2 Å². The molecule has 0 saturated carbocycles. The summed E-state index contributed by atoms with van der Waals surface area (Å²) in [6, 6.07) is 10.4. The van der Waals surface area contributed by atoms with E-state index in [1.165, 1.54) is 6.07 Å². The van der Waals surface area contributed by atoms with Crippen LogP contribution in [0.4, 0.5) is 4.39 Å². The van der Waals surface area contributed by atoms with Crippen LogP contribution in [0.1, 0.15) is 35.3 Å². The van der Waals surface area contributed by atoms with Crippen LogP contribution in [-0.4, -0.2) is 5.11 Å². The molecular weight excluding hydrogens is 323 g/mol. The Morgan fingerprint density at radius 1 is 1.20 bits per heavy atom. The molecular formula is C16H14BrFO2. The SMILES string of the molecule is Cc1ccc(F)c(C2CC(O)c3ccc(Br)cc3O2)c1. The van der Waals surface area contributed by atoms with Crippen LogP contribution in [0.25, 0.3) is 0 Å². The molecule has 2 aromatic rings. The second kappa shape index (κ2) is 5.19. The molecule has 2 atom stereocenters. The van der Waals surface area contributed by atoms with E-state index in [1.807, 2.05) is 19.1 Å². The van der Waals surface area contributed by atoms with Crippen molar-refractivity contribution in [2.45, 2.75) is 25.6 Å². The molecule has 1 aliphatic heterocycles. The Bertz CT molecular complexity index is 657. The maximum absolute atomic E-state index is 14.0. The van der Waals surface area contributed by atoms with Gasteiger partial charge in [0, 0.05) is 22.0 Å². The molecule has 2 aromatic carbocycles. The van der Waals surface area contributed by atoms with Crippen molar-refractivity contribution in [3.05, 3.63) is 63.4 Å². The summed E-state index contributed by atoms with van der Waals surface area (Å²) >= 11 is 3.38. The highest BCUT2D eigenvalue weighted by atomic mass is 79.9. The number of fused-ring (bicyclic) bond motifs is 1. The number of aryl methyl sites for hydroxylation is 1. The van der Waals surface area contributed by atoms with Gasteiger partial charge in [0.15, 0.2) is 0 Å². The van der Waals surface area contributed by atoms with Crippen molar-refractivity contribution in [3.8, 4) is 5.75 Å². The third kappa shape index (κ3) is 2.45. The monoisotopic (exact) mass is 336 g/mol. The summed E-state index contributed by atoms with van der Waals surface area (Å²) in [5.41, 5.74) is 2.21. The molecule has 0 aliphatic carbocycles. The lowest BCUT2D eigenvalue weighted by atomic mass is 9.94. The van der Waals surface area contributed by atoms with E-state index in [0.717, 1.165) is 15.6 Å². The van der Waals surface area contributed by atoms with Gasteiger partial charge in [0.25, 0.3) is 0 Å². The predicted molar refractivity (Wildman–Crippen MR) is 78.2 cm³/mol. The fraction of sp³-hybridized carbons (Fsp3) is 0.250. The molecule has 0 fully saturated rings. The van der Waals surface area contributed by atoms with Gasteiger partial charge in [-0.2, -0.15) is 0 Å². The van der Waals surface area contributed by atoms with Crippen LogP contribution < -0.4 is 4.74 Å². The van der Waals surface area contributed by atoms with E-state index in [0.29, 0.717) is 17.7 Å². The van der Waals surface area contributed by atoms with E-state index in [2.05, 4.69) is 15.9 Å². The first-order valence-electron chi connectivity index (χ1n) is 6.45. The zero-order valence-electron chi connectivity index (χ0n) is 10.9. The number of ether oxygens (including phenoxy) is 1. The Morgan fingerprint density at radius 3 is 2.80 bits per heavy atom. The molecule has 1 aliphatic rings. The summed E-state index contributed by atoms with van der Waals surface area (Å²) < 4.78 is 20.7. The minimum atomic E-state index is -0.642. The Labute approximate surface area is 125 Å². The highest BCUT2D eigenvalue weighted by molar-refractivity contribution is 9.10. The van der Waals surface area contributed by atoms with Gasteiger partial charge in [-0.05, 0) is 31.2 Å². The Morgan fingerprint density at radius 2 is 2.00 bits per heavy atom. The number of benzene rings is 2. The number of halogens is 2. The second-order valence-electron chi connectivity index (χ2n) is 5.07. The molecule has 0 spiro atoms. The average Bonchev–Trinajstić information content (AvgIpc) is 2.41. The van der Waals surface area contributed by atoms with Crippen molar-refractivity contribution in [1.82, 2.24) is 0 Å². The molecule has 0 saturated heterocycles. The number of aliphatic hydroxyl groups excluding tert-OH is 1. The highest BCUT2D eigenvalue weighted by Crippen LogP contribution is 2.42. The van der Waals surface area contributed by atoms with Crippen LogP contribution in [0.5, 0.6) is 5.75 Å². The van der Waals surface area contributed by atoms with E-state index >= 15 is 0 Å². The summed E-state index contributed by atoms with van der Waals surface area (Å²) in [5.74, 6) is 0.301. The predicted octanol–water partition coefficient (Wildman–Crippen LogP) is 4.45. The van der Waals surface area contributed by atoms with Crippen molar-refractivity contribution in [2.75, 3.05) is 0 Å². The molecule has 4 heteroatoms. The number of rotatable bonds is 1. The van der Waals surface area contributed by atoms with Crippen LogP contribution in [-0.2, 0) is 0 Å². The van der Waals surface area contributed by atoms with Gasteiger partial charge in [-0.15, -0.1) is 0 Å². The molecule has 0 radical (unpaired) electrons. The number of hydrogen-bond donors (Lipinski definition) is 1. The minimum Gasteiger partial charge on any atom is -0.485 e. The average molecular weight is 337 g/mol. The lowest BCUT2D eigenvalue weighted by molar-refractivity contribution is 0.0639. The fourth-order valence-corrected chi connectivity index (χ4v) is 2.86. The van der Waals surface area contributed by atoms with Crippen LogP contribution in [0.3, 0.4) is 0 Å². The molecule has 104 valence electrons. The normalized spacial score (nSPS) is 21.2. The van der Waals surface area contributed by atoms with Crippen LogP contribution in [0, 0.1) is 12.7 Å². The molecule has 0 bridgehead atoms. The van der Waals surface area contributed by atoms with E-state index in [4.69, 9.17) is 4.74 Å². The van der Waals surface area contributed by atoms with Gasteiger partial charge in [-0.25, -0.2) is 4.39 Å². The smallest absolute Gasteiger partial charge is 0.130 e. The Kier molecular flexibility index (Phi) is 3.52. The minimum absolute atomic E-state index is 0.300. The first-order chi connectivity index (χ1) is 9.54. The molecule has 2 nitrogen and oxygen atoms in total. The summed E-state index contributed by atoms with van der Waals surface area (Å²) in [4.78, 5) is 0. The Balaban J connectivity index is 2.00. The van der Waals surface area contributed by atoms with Crippen LogP contribution in [0.15, 0.2) is 40.9 Å². The van der Waals surface area contributed by atoms with Gasteiger partial charge in [0.1, 0.15) is 17.7 Å². The molecule has 2 unspecified atom stereocenters. The van der Waals surface area contributed by atoms with Crippen molar-refractivity contribution in [1.29, 1.82) is 0 Å². The molecule has 0 aromatic heterocycles. The lowest BCUT2D eigenvalue weighted by Crippen LogP contribution is -2.20. The van der Waals surface area contributed by atoms with Crippen LogP contribution in [0.2, 0.25) is 0 Å². The summed E-state index contributed by atoms with van der Waals surface area (Å²) in [7, 11) is 0. The van der Waals surface area contributed by atoms with Crippen molar-refractivity contribution in [2.24, 2.45) is 0 Å². The quantitative estimate of drug-likeness (QED) is 0.833. The zero-order chi connectivity index (χ0) is 14.3. The van der Waals surface area contributed by atoms with Gasteiger partial charge >= 0.3 is 0 Å². The van der Waals surface area contributed by atoms with Gasteiger partial charge < -0.3 is 9.84 Å². The van der Waals surface area contributed by atoms with Gasteiger partial charge in [-0.1, -0.05) is 33.6 Å². The van der Waals surface area contributed by atoms with E-state index in [-0.39, 0.29) is 5.82 Å². The summed E-state index contributed by atoms with van der Waals surface area (Å²) in [5, 5.41) is 10.2. The summed E-state index contributed by atoms with van der Waals surface area (Å²) in [6.07, 6.45) is -0.752. The topological polar surface area (TPSA) is 29.5 Å². The maximum atomic E-state index is 14.0. The second-order valence-corrected chi connectivity index (χ2v) is 5.98. The lowest BCUT2D eigenvalue weighted by Gasteiger charge is -2.30. The number of aliphatic hydroxyl groups is 1. The summed E-state index contributed by atoms with van der Waals surface area (Å²) in [6.45, 7) is 1.91. The molecule has 20 heavy (non-hydrogen) atoms. The standard InChI is InChI=1S/C16H14BrFO2/c1-9-2-5-13(18)12(6-9)16-8-14(19)11-4-3-10(17)7-15(11)20-16/h2-7,14,16,19H,8H2,1H3. The van der Waals surface area contributed by atoms with Crippen molar-refractivity contribution >= 4 is 15.9 Å². The van der Waals surface area contributed by atoms with E-state index < -0.39 is 12.2 Å². The molecule has 0 amide bonds. The number of hydrogen-bond acceptors (Lipinski definition) is 2. The van der Waals surface area contributed by atoms with Gasteiger partial charge in [-0.3, -0.25) is 0 Å².